The Hall–Kier alpha value is -1.59. The topological polar surface area (TPSA) is 71.0 Å². The average molecular weight is 240 g/mol. The first-order valence-corrected chi connectivity index (χ1v) is 4.97. The SMILES string of the molecule is COc1cnc(-c2ncc(CO)[nH]2)c(Cl)c1. The van der Waals surface area contributed by atoms with E-state index in [2.05, 4.69) is 15.0 Å². The van der Waals surface area contributed by atoms with Gasteiger partial charge in [-0.05, 0) is 0 Å². The molecule has 0 aliphatic rings. The lowest BCUT2D eigenvalue weighted by atomic mass is 10.3. The number of aliphatic hydroxyl groups is 1. The Kier molecular flexibility index (Phi) is 3.07. The summed E-state index contributed by atoms with van der Waals surface area (Å²) in [4.78, 5) is 11.1. The molecule has 16 heavy (non-hydrogen) atoms. The lowest BCUT2D eigenvalue weighted by Crippen LogP contribution is -1.90. The Balaban J connectivity index is 2.40. The van der Waals surface area contributed by atoms with Crippen LogP contribution in [-0.4, -0.2) is 27.2 Å². The number of aromatic amines is 1. The van der Waals surface area contributed by atoms with Crippen LogP contribution >= 0.6 is 11.6 Å². The molecule has 0 unspecified atom stereocenters. The van der Waals surface area contributed by atoms with Crippen LogP contribution in [0.3, 0.4) is 0 Å². The molecule has 2 aromatic heterocycles. The fourth-order valence-corrected chi connectivity index (χ4v) is 1.51. The summed E-state index contributed by atoms with van der Waals surface area (Å²) in [5.74, 6) is 1.11. The van der Waals surface area contributed by atoms with Crippen molar-refractivity contribution in [2.24, 2.45) is 0 Å². The number of nitrogens with one attached hydrogen (secondary N) is 1. The fraction of sp³-hybridized carbons (Fsp3) is 0.200. The van der Waals surface area contributed by atoms with E-state index >= 15 is 0 Å². The molecule has 0 aliphatic heterocycles. The molecule has 0 aromatic carbocycles. The van der Waals surface area contributed by atoms with Gasteiger partial charge in [-0.1, -0.05) is 11.6 Å². The molecule has 2 aromatic rings. The number of H-pyrrole nitrogens is 1. The molecule has 0 bridgehead atoms. The summed E-state index contributed by atoms with van der Waals surface area (Å²) in [6.07, 6.45) is 3.10. The van der Waals surface area contributed by atoms with E-state index in [0.29, 0.717) is 28.0 Å². The van der Waals surface area contributed by atoms with Crippen molar-refractivity contribution in [2.45, 2.75) is 6.61 Å². The highest BCUT2D eigenvalue weighted by molar-refractivity contribution is 6.33. The van der Waals surface area contributed by atoms with E-state index in [1.165, 1.54) is 6.20 Å². The van der Waals surface area contributed by atoms with Crippen molar-refractivity contribution in [3.8, 4) is 17.3 Å². The largest absolute Gasteiger partial charge is 0.495 e. The zero-order valence-electron chi connectivity index (χ0n) is 8.57. The van der Waals surface area contributed by atoms with Gasteiger partial charge in [-0.25, -0.2) is 9.97 Å². The van der Waals surface area contributed by atoms with Crippen molar-refractivity contribution in [1.29, 1.82) is 0 Å². The molecule has 0 spiro atoms. The van der Waals surface area contributed by atoms with Crippen LogP contribution in [-0.2, 0) is 6.61 Å². The minimum Gasteiger partial charge on any atom is -0.495 e. The number of aromatic nitrogens is 3. The molecule has 84 valence electrons. The molecule has 0 aliphatic carbocycles. The maximum atomic E-state index is 8.90. The minimum atomic E-state index is -0.0965. The number of rotatable bonds is 3. The monoisotopic (exact) mass is 239 g/mol. The first kappa shape index (κ1) is 10.9. The van der Waals surface area contributed by atoms with E-state index in [4.69, 9.17) is 21.4 Å². The number of hydrogen-bond acceptors (Lipinski definition) is 4. The van der Waals surface area contributed by atoms with Gasteiger partial charge in [0.25, 0.3) is 0 Å². The summed E-state index contributed by atoms with van der Waals surface area (Å²) in [5, 5.41) is 9.35. The van der Waals surface area contributed by atoms with E-state index in [9.17, 15) is 0 Å². The Morgan fingerprint density at radius 2 is 2.25 bits per heavy atom. The second-order valence-corrected chi connectivity index (χ2v) is 3.53. The smallest absolute Gasteiger partial charge is 0.157 e. The first-order valence-electron chi connectivity index (χ1n) is 4.59. The van der Waals surface area contributed by atoms with Gasteiger partial charge < -0.3 is 14.8 Å². The number of nitrogens with zero attached hydrogens (tertiary/aromatic N) is 2. The third kappa shape index (κ3) is 2.00. The zero-order chi connectivity index (χ0) is 11.5. The third-order valence-electron chi connectivity index (χ3n) is 2.07. The molecule has 0 atom stereocenters. The van der Waals surface area contributed by atoms with Gasteiger partial charge in [-0.15, -0.1) is 0 Å². The van der Waals surface area contributed by atoms with Gasteiger partial charge in [0.15, 0.2) is 5.82 Å². The number of halogens is 1. The quantitative estimate of drug-likeness (QED) is 0.854. The molecule has 0 amide bonds. The summed E-state index contributed by atoms with van der Waals surface area (Å²) in [6.45, 7) is -0.0965. The summed E-state index contributed by atoms with van der Waals surface area (Å²) in [6, 6.07) is 1.66. The van der Waals surface area contributed by atoms with Crippen LogP contribution in [0.2, 0.25) is 5.02 Å². The van der Waals surface area contributed by atoms with Crippen molar-refractivity contribution in [3.05, 3.63) is 29.2 Å². The van der Waals surface area contributed by atoms with Crippen molar-refractivity contribution in [2.75, 3.05) is 7.11 Å². The normalized spacial score (nSPS) is 10.4. The molecule has 0 fully saturated rings. The number of imidazole rings is 1. The second kappa shape index (κ2) is 4.51. The molecule has 0 radical (unpaired) electrons. The van der Waals surface area contributed by atoms with Gasteiger partial charge in [-0.2, -0.15) is 0 Å². The minimum absolute atomic E-state index is 0.0965. The summed E-state index contributed by atoms with van der Waals surface area (Å²) in [5.41, 5.74) is 1.14. The van der Waals surface area contributed by atoms with Crippen molar-refractivity contribution >= 4 is 11.6 Å². The van der Waals surface area contributed by atoms with Gasteiger partial charge in [-0.3, -0.25) is 0 Å². The molecule has 2 N–H and O–H groups in total. The maximum Gasteiger partial charge on any atom is 0.157 e. The first-order chi connectivity index (χ1) is 7.74. The van der Waals surface area contributed by atoms with E-state index in [1.807, 2.05) is 0 Å². The lowest BCUT2D eigenvalue weighted by Gasteiger charge is -2.02. The van der Waals surface area contributed by atoms with Gasteiger partial charge >= 0.3 is 0 Å². The Morgan fingerprint density at radius 3 is 2.81 bits per heavy atom. The average Bonchev–Trinajstić information content (AvgIpc) is 2.77. The molecule has 6 heteroatoms. The molecular formula is C10H10ClN3O2. The van der Waals surface area contributed by atoms with Gasteiger partial charge in [0.2, 0.25) is 0 Å². The summed E-state index contributed by atoms with van der Waals surface area (Å²) >= 11 is 6.03. The predicted molar refractivity (Wildman–Crippen MR) is 59.3 cm³/mol. The molecule has 0 saturated carbocycles. The van der Waals surface area contributed by atoms with Crippen molar-refractivity contribution < 1.29 is 9.84 Å². The van der Waals surface area contributed by atoms with Crippen LogP contribution in [0, 0.1) is 0 Å². The standard InChI is InChI=1S/C10H10ClN3O2/c1-16-7-2-8(11)9(12-4-7)10-13-3-6(5-15)14-10/h2-4,15H,5H2,1H3,(H,13,14). The summed E-state index contributed by atoms with van der Waals surface area (Å²) < 4.78 is 4.99. The van der Waals surface area contributed by atoms with Crippen LogP contribution in [0.15, 0.2) is 18.5 Å². The number of ether oxygens (including phenoxy) is 1. The molecule has 0 saturated heterocycles. The zero-order valence-corrected chi connectivity index (χ0v) is 9.32. The Labute approximate surface area is 97.1 Å². The summed E-state index contributed by atoms with van der Waals surface area (Å²) in [7, 11) is 1.55. The second-order valence-electron chi connectivity index (χ2n) is 3.12. The van der Waals surface area contributed by atoms with Gasteiger partial charge in [0.05, 0.1) is 36.8 Å². The van der Waals surface area contributed by atoms with E-state index in [1.54, 1.807) is 19.4 Å². The van der Waals surface area contributed by atoms with Crippen LogP contribution < -0.4 is 4.74 Å². The molecular weight excluding hydrogens is 230 g/mol. The number of methoxy groups -OCH3 is 1. The molecule has 5 nitrogen and oxygen atoms in total. The predicted octanol–water partition coefficient (Wildman–Crippen LogP) is 1.63. The van der Waals surface area contributed by atoms with Crippen LogP contribution in [0.4, 0.5) is 0 Å². The molecule has 2 rings (SSSR count). The lowest BCUT2D eigenvalue weighted by molar-refractivity contribution is 0.277. The van der Waals surface area contributed by atoms with Crippen LogP contribution in [0.1, 0.15) is 5.69 Å². The van der Waals surface area contributed by atoms with E-state index in [0.717, 1.165) is 0 Å². The van der Waals surface area contributed by atoms with Crippen molar-refractivity contribution in [1.82, 2.24) is 15.0 Å². The number of pyridine rings is 1. The number of hydrogen-bond donors (Lipinski definition) is 2. The highest BCUT2D eigenvalue weighted by Crippen LogP contribution is 2.26. The van der Waals surface area contributed by atoms with Gasteiger partial charge in [0.1, 0.15) is 11.4 Å². The fourth-order valence-electron chi connectivity index (χ4n) is 1.27. The Bertz CT molecular complexity index is 499. The van der Waals surface area contributed by atoms with Gasteiger partial charge in [0, 0.05) is 6.07 Å². The highest BCUT2D eigenvalue weighted by atomic mass is 35.5. The van der Waals surface area contributed by atoms with Crippen LogP contribution in [0.5, 0.6) is 5.75 Å². The third-order valence-corrected chi connectivity index (χ3v) is 2.36. The van der Waals surface area contributed by atoms with Crippen LogP contribution in [0.25, 0.3) is 11.5 Å². The Morgan fingerprint density at radius 1 is 1.44 bits per heavy atom. The van der Waals surface area contributed by atoms with Crippen molar-refractivity contribution in [3.63, 3.8) is 0 Å². The maximum absolute atomic E-state index is 8.90. The highest BCUT2D eigenvalue weighted by Gasteiger charge is 2.10. The van der Waals surface area contributed by atoms with E-state index < -0.39 is 0 Å². The number of aliphatic hydroxyl groups excluding tert-OH is 1. The molecule has 2 heterocycles. The van der Waals surface area contributed by atoms with E-state index in [-0.39, 0.29) is 6.61 Å².